The summed E-state index contributed by atoms with van der Waals surface area (Å²) in [6, 6.07) is 0. The summed E-state index contributed by atoms with van der Waals surface area (Å²) in [5.41, 5.74) is 1.67. The van der Waals surface area contributed by atoms with Crippen LogP contribution in [0.4, 0.5) is 0 Å². The zero-order valence-corrected chi connectivity index (χ0v) is 34.4. The number of ether oxygens (including phenoxy) is 3. The number of carbonyl (C=O) groups excluding carboxylic acids is 1. The molecule has 0 bridgehead atoms. The number of aliphatic hydroxyl groups is 1. The van der Waals surface area contributed by atoms with Crippen molar-refractivity contribution in [2.75, 3.05) is 39.9 Å². The molecule has 8 rings (SSSR count). The summed E-state index contributed by atoms with van der Waals surface area (Å²) >= 11 is 0. The van der Waals surface area contributed by atoms with Gasteiger partial charge in [0.25, 0.3) is 0 Å². The fraction of sp³-hybridized carbons (Fsp3) is 0.953. The van der Waals surface area contributed by atoms with E-state index in [1.807, 2.05) is 32.6 Å². The lowest BCUT2D eigenvalue weighted by atomic mass is 9.42. The lowest BCUT2D eigenvalue weighted by molar-refractivity contribution is -0.246. The molecule has 6 aliphatic carbocycles. The average Bonchev–Trinajstić information content (AvgIpc) is 4.06. The fourth-order valence-corrected chi connectivity index (χ4v) is 13.5. The third-order valence-corrected chi connectivity index (χ3v) is 16.1. The lowest BCUT2D eigenvalue weighted by Crippen LogP contribution is -2.58. The Labute approximate surface area is 316 Å². The number of fused-ring (bicyclic) bond motifs is 4. The maximum absolute atomic E-state index is 12.9. The Morgan fingerprint density at radius 2 is 1.56 bits per heavy atom. The van der Waals surface area contributed by atoms with Crippen molar-refractivity contribution in [1.82, 2.24) is 10.2 Å². The van der Waals surface area contributed by atoms with E-state index in [-0.39, 0.29) is 36.2 Å². The van der Waals surface area contributed by atoms with Crippen molar-refractivity contribution in [3.63, 3.8) is 0 Å². The molecule has 300 valence electrons. The van der Waals surface area contributed by atoms with Crippen molar-refractivity contribution in [1.29, 1.82) is 0 Å². The van der Waals surface area contributed by atoms with E-state index >= 15 is 0 Å². The summed E-state index contributed by atoms with van der Waals surface area (Å²) in [7, 11) is 1.00. The van der Waals surface area contributed by atoms with Gasteiger partial charge in [0.2, 0.25) is 5.91 Å². The number of aliphatic carboxylic acids is 1. The number of amides is 1. The Bertz CT molecular complexity index is 1230. The van der Waals surface area contributed by atoms with Crippen LogP contribution in [0.5, 0.6) is 0 Å². The number of aliphatic hydroxyl groups excluding tert-OH is 1. The molecule has 2 saturated heterocycles. The first-order chi connectivity index (χ1) is 24.9. The van der Waals surface area contributed by atoms with Gasteiger partial charge < -0.3 is 34.6 Å². The molecule has 1 amide bonds. The van der Waals surface area contributed by atoms with E-state index in [9.17, 15) is 9.59 Å². The maximum Gasteiger partial charge on any atom is 0.304 e. The van der Waals surface area contributed by atoms with Crippen LogP contribution in [0.2, 0.25) is 0 Å². The molecule has 0 radical (unpaired) electrons. The van der Waals surface area contributed by atoms with E-state index in [0.717, 1.165) is 32.4 Å². The van der Waals surface area contributed by atoms with Crippen molar-refractivity contribution >= 4 is 11.9 Å². The first-order valence-corrected chi connectivity index (χ1v) is 21.5. The Balaban J connectivity index is 0.000000830. The Morgan fingerprint density at radius 1 is 0.865 bits per heavy atom. The van der Waals surface area contributed by atoms with Gasteiger partial charge in [-0.3, -0.25) is 9.59 Å². The number of nitrogens with zero attached hydrogens (tertiary/aromatic N) is 1. The molecule has 9 heteroatoms. The molecule has 2 spiro atoms. The van der Waals surface area contributed by atoms with Crippen LogP contribution in [-0.2, 0) is 23.8 Å². The summed E-state index contributed by atoms with van der Waals surface area (Å²) < 4.78 is 19.9. The minimum Gasteiger partial charge on any atom is -0.481 e. The SMILES string of the molecule is CC.CC.CC1(C)[C@@H](OC2CN(C(=O)CC3CC3)CCO2)CCC23C[C@]24CCC2(C)[C@H]5CCC(CNCCC(=O)O)OC5C[C@@]2(C)C4CC[C@@H]13.CO. The van der Waals surface area contributed by atoms with Crippen LogP contribution in [0.3, 0.4) is 0 Å². The fourth-order valence-electron chi connectivity index (χ4n) is 13.5. The molecule has 52 heavy (non-hydrogen) atoms. The van der Waals surface area contributed by atoms with Gasteiger partial charge in [-0.05, 0) is 128 Å². The van der Waals surface area contributed by atoms with Crippen LogP contribution in [0.15, 0.2) is 0 Å². The van der Waals surface area contributed by atoms with Crippen LogP contribution in [0.25, 0.3) is 0 Å². The monoisotopic (exact) mass is 733 g/mol. The number of carboxylic acids is 1. The van der Waals surface area contributed by atoms with E-state index in [2.05, 4.69) is 33.0 Å². The van der Waals surface area contributed by atoms with Gasteiger partial charge in [-0.25, -0.2) is 0 Å². The van der Waals surface area contributed by atoms with Gasteiger partial charge in [0.1, 0.15) is 0 Å². The molecule has 6 saturated carbocycles. The Kier molecular flexibility index (Phi) is 13.3. The van der Waals surface area contributed by atoms with Crippen LogP contribution in [0, 0.1) is 50.7 Å². The van der Waals surface area contributed by atoms with Gasteiger partial charge in [-0.2, -0.15) is 0 Å². The first-order valence-electron chi connectivity index (χ1n) is 21.5. The number of nitrogens with one attached hydrogen (secondary N) is 1. The third kappa shape index (κ3) is 7.14. The van der Waals surface area contributed by atoms with E-state index in [1.54, 1.807) is 0 Å². The van der Waals surface area contributed by atoms with Gasteiger partial charge in [-0.15, -0.1) is 0 Å². The zero-order valence-electron chi connectivity index (χ0n) is 34.4. The molecule has 3 N–H and O–H groups in total. The van der Waals surface area contributed by atoms with Gasteiger partial charge in [0.05, 0.1) is 37.9 Å². The van der Waals surface area contributed by atoms with Crippen LogP contribution < -0.4 is 5.32 Å². The topological polar surface area (TPSA) is 118 Å². The summed E-state index contributed by atoms with van der Waals surface area (Å²) in [4.78, 5) is 25.8. The lowest BCUT2D eigenvalue weighted by Gasteiger charge is -2.63. The minimum atomic E-state index is -0.745. The Morgan fingerprint density at radius 3 is 2.25 bits per heavy atom. The van der Waals surface area contributed by atoms with Gasteiger partial charge in [0.15, 0.2) is 6.29 Å². The zero-order chi connectivity index (χ0) is 38.1. The molecule has 0 aromatic heterocycles. The minimum absolute atomic E-state index is 0.0890. The van der Waals surface area contributed by atoms with Gasteiger partial charge in [-0.1, -0.05) is 55.4 Å². The summed E-state index contributed by atoms with van der Waals surface area (Å²) in [6.07, 6.45) is 16.4. The Hall–Kier alpha value is -1.26. The highest BCUT2D eigenvalue weighted by Crippen LogP contribution is 2.89. The van der Waals surface area contributed by atoms with Crippen molar-refractivity contribution in [2.45, 2.75) is 170 Å². The molecule has 2 aliphatic heterocycles. The second-order valence-electron chi connectivity index (χ2n) is 18.3. The average molecular weight is 733 g/mol. The van der Waals surface area contributed by atoms with E-state index in [4.69, 9.17) is 24.4 Å². The quantitative estimate of drug-likeness (QED) is 0.207. The maximum atomic E-state index is 12.9. The molecule has 0 aromatic rings. The predicted molar refractivity (Wildman–Crippen MR) is 205 cm³/mol. The smallest absolute Gasteiger partial charge is 0.304 e. The van der Waals surface area contributed by atoms with Gasteiger partial charge in [0, 0.05) is 33.2 Å². The first kappa shape index (κ1) is 41.9. The molecule has 6 unspecified atom stereocenters. The van der Waals surface area contributed by atoms with Crippen molar-refractivity contribution < 1.29 is 34.0 Å². The normalized spacial score (nSPS) is 43.5. The van der Waals surface area contributed by atoms with E-state index in [1.165, 1.54) is 64.2 Å². The highest BCUT2D eigenvalue weighted by molar-refractivity contribution is 5.76. The summed E-state index contributed by atoms with van der Waals surface area (Å²) in [5, 5.41) is 19.4. The van der Waals surface area contributed by atoms with Crippen molar-refractivity contribution in [3.8, 4) is 0 Å². The van der Waals surface area contributed by atoms with Crippen LogP contribution in [-0.4, -0.2) is 91.5 Å². The van der Waals surface area contributed by atoms with Crippen LogP contribution >= 0.6 is 0 Å². The second-order valence-corrected chi connectivity index (χ2v) is 18.3. The predicted octanol–water partition coefficient (Wildman–Crippen LogP) is 7.68. The standard InChI is InChI=1S/C38H60N2O6.2C2H6.CH4O/c1-34(2)28-9-10-29-36(4)20-27-26(8-7-25(45-27)21-39-16-12-32(42)43)35(36,3)14-15-38(29)23-37(28,38)13-11-30(34)46-33-22-40(17-18-44-33)31(41)19-24-5-6-24;3*1-2/h24-30,33,39H,5-23H2,1-4H3,(H,42,43);2*1-2H3;2H,1H3/t25?,26-,27?,28-,29?,30-,33?,35?,36-,37?,38-;;;/m0.../s1. The van der Waals surface area contributed by atoms with Gasteiger partial charge >= 0.3 is 5.97 Å². The number of carboxylic acid groups (broad SMARTS) is 1. The molecule has 8 fully saturated rings. The second kappa shape index (κ2) is 16.5. The molecular formula is C43H76N2O7. The number of morpholine rings is 1. The molecule has 0 aromatic carbocycles. The highest BCUT2D eigenvalue weighted by atomic mass is 16.7. The summed E-state index contributed by atoms with van der Waals surface area (Å²) in [5.74, 6) is 2.26. The van der Waals surface area contributed by atoms with Crippen LogP contribution in [0.1, 0.15) is 145 Å². The summed E-state index contributed by atoms with van der Waals surface area (Å²) in [6.45, 7) is 21.4. The number of hydrogen-bond donors (Lipinski definition) is 3. The highest BCUT2D eigenvalue weighted by Gasteiger charge is 2.83. The van der Waals surface area contributed by atoms with E-state index < -0.39 is 5.97 Å². The number of hydrogen-bond acceptors (Lipinski definition) is 7. The molecular weight excluding hydrogens is 656 g/mol. The largest absolute Gasteiger partial charge is 0.481 e. The molecule has 11 atom stereocenters. The van der Waals surface area contributed by atoms with Crippen molar-refractivity contribution in [2.24, 2.45) is 50.7 Å². The number of carbonyl (C=O) groups is 2. The molecule has 8 aliphatic rings. The molecule has 9 nitrogen and oxygen atoms in total. The van der Waals surface area contributed by atoms with E-state index in [0.29, 0.717) is 78.2 Å². The third-order valence-electron chi connectivity index (χ3n) is 16.1. The molecule has 2 heterocycles. The van der Waals surface area contributed by atoms with Crippen molar-refractivity contribution in [3.05, 3.63) is 0 Å². The number of rotatable bonds is 9.